The molecule has 0 unspecified atom stereocenters. The molecule has 0 bridgehead atoms. The summed E-state index contributed by atoms with van der Waals surface area (Å²) < 4.78 is 130. The predicted octanol–water partition coefficient (Wildman–Crippen LogP) is 12.9. The van der Waals surface area contributed by atoms with Gasteiger partial charge >= 0.3 is 18.5 Å². The smallest absolute Gasteiger partial charge is 0.391 e. The molecule has 3 fully saturated rings. The molecule has 6 N–H and O–H groups in total. The van der Waals surface area contributed by atoms with Crippen LogP contribution in [0.5, 0.6) is 17.2 Å². The summed E-state index contributed by atoms with van der Waals surface area (Å²) in [5.41, 5.74) is 7.03. The number of amides is 1. The van der Waals surface area contributed by atoms with E-state index < -0.39 is 47.4 Å². The molecule has 0 aliphatic heterocycles. The molecule has 14 nitrogen and oxygen atoms in total. The molecule has 0 spiro atoms. The van der Waals surface area contributed by atoms with Gasteiger partial charge in [0.25, 0.3) is 5.91 Å². The van der Waals surface area contributed by atoms with Crippen LogP contribution in [0.3, 0.4) is 0 Å². The largest absolute Gasteiger partial charge is 0.495 e. The van der Waals surface area contributed by atoms with Gasteiger partial charge < -0.3 is 40.6 Å². The van der Waals surface area contributed by atoms with E-state index in [1.54, 1.807) is 37.6 Å². The molecule has 0 saturated heterocycles. The lowest BCUT2D eigenvalue weighted by Crippen LogP contribution is -2.32. The van der Waals surface area contributed by atoms with E-state index in [2.05, 4.69) is 33.4 Å². The van der Waals surface area contributed by atoms with Crippen LogP contribution >= 0.6 is 23.2 Å². The highest BCUT2D eigenvalue weighted by molar-refractivity contribution is 6.66. The minimum Gasteiger partial charge on any atom is -0.495 e. The van der Waals surface area contributed by atoms with Crippen molar-refractivity contribution >= 4 is 64.2 Å². The highest BCUT2D eigenvalue weighted by Crippen LogP contribution is 2.43. The van der Waals surface area contributed by atoms with E-state index in [0.717, 1.165) is 23.3 Å². The lowest BCUT2D eigenvalue weighted by atomic mass is 9.81. The number of methoxy groups -OCH3 is 3. The molecule has 6 rings (SSSR count). The number of nitrogens with one attached hydrogen (secondary N) is 1. The van der Waals surface area contributed by atoms with Gasteiger partial charge in [0.15, 0.2) is 0 Å². The lowest BCUT2D eigenvalue weighted by molar-refractivity contribution is -0.183. The van der Waals surface area contributed by atoms with Gasteiger partial charge in [-0.1, -0.05) is 61.2 Å². The molecule has 3 saturated carbocycles. The van der Waals surface area contributed by atoms with Crippen LogP contribution in [0.1, 0.15) is 93.7 Å². The standard InChI is InChI=1S/C20H25F3N2O3.C17H23F3N2O2.C15H17ClF3NO.C3H3ClO.C2H7NO/c1-3-19(27)25(10-11-26)18-12-15(17(28-2)13-24-18)7-4-14-5-8-16(9-6-14)20(21,22)23;1-24-15-11-22-16(21-8-9-23)10-13(15)5-2-12-3-6-14(7-4-12)17(18,19)20;1-21-13-9-20-14(16)8-11(13)5-2-10-3-6-12(7-4-10)15(17,18)19;1-2-3(4)5;3-1-2-4/h3-4,7,12-14,16,26H,1,5-6,8-11H2,2H3;2,5,10-12,14,23H,3-4,6-9H2,1H3,(H,21,22);2,5,8-10,12H,3-4,6-7H2,1H3;2H,1H2;4H,1-3H2/b7-4+;2*5-2+;;. The number of aliphatic hydroxyl groups is 3. The molecule has 3 aromatic heterocycles. The molecule has 0 aromatic carbocycles. The number of carbonyl (C=O) groups is 2. The Labute approximate surface area is 483 Å². The Morgan fingerprint density at radius 1 is 0.622 bits per heavy atom. The number of nitrogens with two attached hydrogens (primary N) is 1. The van der Waals surface area contributed by atoms with Gasteiger partial charge in [0.2, 0.25) is 5.24 Å². The van der Waals surface area contributed by atoms with Gasteiger partial charge in [0.05, 0.1) is 84.0 Å². The quantitative estimate of drug-likeness (QED) is 0.0349. The van der Waals surface area contributed by atoms with Gasteiger partial charge in [-0.05, 0) is 137 Å². The molecule has 25 heteroatoms. The van der Waals surface area contributed by atoms with Crippen LogP contribution in [0.2, 0.25) is 5.15 Å². The Morgan fingerprint density at radius 3 is 1.32 bits per heavy atom. The number of ether oxygens (including phenoxy) is 3. The topological polar surface area (TPSA) is 202 Å². The molecule has 458 valence electrons. The van der Waals surface area contributed by atoms with Crippen LogP contribution in [0.4, 0.5) is 51.1 Å². The first kappa shape index (κ1) is 72.4. The summed E-state index contributed by atoms with van der Waals surface area (Å²) in [6.45, 7) is 7.22. The van der Waals surface area contributed by atoms with Crippen molar-refractivity contribution in [3.05, 3.63) is 102 Å². The number of nitrogens with zero attached hydrogens (tertiary/aromatic N) is 4. The number of pyridine rings is 3. The fourth-order valence-corrected chi connectivity index (χ4v) is 9.02. The van der Waals surface area contributed by atoms with Crippen molar-refractivity contribution in [2.75, 3.05) is 71.0 Å². The van der Waals surface area contributed by atoms with E-state index in [0.29, 0.717) is 91.2 Å². The Bertz CT molecular complexity index is 2470. The fraction of sp³-hybridized carbons (Fsp3) is 0.526. The summed E-state index contributed by atoms with van der Waals surface area (Å²) >= 11 is 10.5. The van der Waals surface area contributed by atoms with Gasteiger partial charge in [-0.25, -0.2) is 15.0 Å². The number of hydrogen-bond donors (Lipinski definition) is 5. The molecule has 3 aliphatic carbocycles. The van der Waals surface area contributed by atoms with Crippen molar-refractivity contribution in [1.29, 1.82) is 0 Å². The van der Waals surface area contributed by atoms with Crippen LogP contribution < -0.4 is 30.2 Å². The van der Waals surface area contributed by atoms with Crippen LogP contribution in [0.25, 0.3) is 18.2 Å². The van der Waals surface area contributed by atoms with Crippen LogP contribution in [-0.4, -0.2) is 121 Å². The zero-order valence-corrected chi connectivity index (χ0v) is 47.6. The van der Waals surface area contributed by atoms with E-state index in [1.807, 2.05) is 30.4 Å². The van der Waals surface area contributed by atoms with Crippen LogP contribution in [-0.2, 0) is 9.59 Å². The number of hydrogen-bond acceptors (Lipinski definition) is 13. The van der Waals surface area contributed by atoms with Crippen LogP contribution in [0.15, 0.2) is 80.3 Å². The molecule has 82 heavy (non-hydrogen) atoms. The fourth-order valence-electron chi connectivity index (χ4n) is 8.85. The van der Waals surface area contributed by atoms with Gasteiger partial charge in [-0.2, -0.15) is 39.5 Å². The van der Waals surface area contributed by atoms with Crippen molar-refractivity contribution in [1.82, 2.24) is 15.0 Å². The van der Waals surface area contributed by atoms with Crippen LogP contribution in [0, 0.1) is 35.5 Å². The Balaban J connectivity index is 0.000000393. The number of alkyl halides is 9. The number of allylic oxidation sites excluding steroid dienone is 4. The minimum absolute atomic E-state index is 0.00132. The van der Waals surface area contributed by atoms with E-state index in [1.165, 1.54) is 31.5 Å². The third kappa shape index (κ3) is 26.7. The Hall–Kier alpha value is -5.72. The predicted molar refractivity (Wildman–Crippen MR) is 301 cm³/mol. The highest BCUT2D eigenvalue weighted by Gasteiger charge is 2.43. The number of anilines is 2. The van der Waals surface area contributed by atoms with Gasteiger partial charge in [0, 0.05) is 29.8 Å². The monoisotopic (exact) mass is 1210 g/mol. The molecule has 3 heterocycles. The SMILES string of the molecule is C=CC(=O)Cl.C=CC(=O)N(CCO)c1cc(/C=C/C2CCC(C(F)(F)F)CC2)c(OC)cn1.COc1cnc(Cl)cc1/C=C/C1CCC(C(F)(F)F)CC1.COc1cnc(NCCO)cc1/C=C/C1CCC(C(F)(F)F)CC1.NCCO. The van der Waals surface area contributed by atoms with E-state index in [9.17, 15) is 54.2 Å². The first-order valence-corrected chi connectivity index (χ1v) is 27.1. The number of rotatable bonds is 18. The van der Waals surface area contributed by atoms with E-state index in [4.69, 9.17) is 53.4 Å². The summed E-state index contributed by atoms with van der Waals surface area (Å²) in [6, 6.07) is 5.12. The first-order chi connectivity index (χ1) is 38.8. The number of aromatic nitrogens is 3. The third-order valence-electron chi connectivity index (χ3n) is 13.4. The normalized spacial score (nSPS) is 20.1. The molecular weight excluding hydrogens is 1140 g/mol. The van der Waals surface area contributed by atoms with Crippen molar-refractivity contribution in [2.45, 2.75) is 95.6 Å². The average molecular weight is 1210 g/mol. The second-order valence-corrected chi connectivity index (χ2v) is 19.7. The van der Waals surface area contributed by atoms with Crippen molar-refractivity contribution in [3.8, 4) is 17.2 Å². The minimum atomic E-state index is -4.12. The Kier molecular flexibility index (Phi) is 33.1. The summed E-state index contributed by atoms with van der Waals surface area (Å²) in [5.74, 6) is -0.907. The third-order valence-corrected chi connectivity index (χ3v) is 13.8. The number of aliphatic hydroxyl groups excluding tert-OH is 3. The molecule has 3 aliphatic rings. The summed E-state index contributed by atoms with van der Waals surface area (Å²) in [7, 11) is 4.57. The maximum Gasteiger partial charge on any atom is 0.391 e. The molecular formula is C57H75Cl2F9N6O8. The summed E-state index contributed by atoms with van der Waals surface area (Å²) in [4.78, 5) is 35.0. The summed E-state index contributed by atoms with van der Waals surface area (Å²) in [6.07, 6.45) is 10.0. The number of halogens is 11. The highest BCUT2D eigenvalue weighted by atomic mass is 35.5. The molecule has 0 atom stereocenters. The zero-order valence-electron chi connectivity index (χ0n) is 46.1. The first-order valence-electron chi connectivity index (χ1n) is 26.4. The number of carbonyl (C=O) groups excluding carboxylic acids is 2. The molecule has 3 aromatic rings. The molecule has 0 radical (unpaired) electrons. The maximum absolute atomic E-state index is 12.8. The van der Waals surface area contributed by atoms with Crippen molar-refractivity contribution < 1.29 is 78.6 Å². The van der Waals surface area contributed by atoms with E-state index >= 15 is 0 Å². The van der Waals surface area contributed by atoms with Gasteiger partial charge in [-0.15, -0.1) is 0 Å². The summed E-state index contributed by atoms with van der Waals surface area (Å²) in [5, 5.41) is 28.6. The second-order valence-electron chi connectivity index (χ2n) is 19.0. The lowest BCUT2D eigenvalue weighted by Gasteiger charge is -2.28. The Morgan fingerprint density at radius 2 is 0.988 bits per heavy atom. The van der Waals surface area contributed by atoms with Crippen molar-refractivity contribution in [2.24, 2.45) is 41.2 Å². The van der Waals surface area contributed by atoms with Gasteiger partial charge in [-0.3, -0.25) is 14.5 Å². The molecule has 1 amide bonds. The second kappa shape index (κ2) is 37.5. The van der Waals surface area contributed by atoms with Gasteiger partial charge in [0.1, 0.15) is 34.0 Å². The average Bonchev–Trinajstić information content (AvgIpc) is 3.52. The zero-order chi connectivity index (χ0) is 61.5. The van der Waals surface area contributed by atoms with E-state index in [-0.39, 0.29) is 82.6 Å². The maximum atomic E-state index is 12.8. The van der Waals surface area contributed by atoms with Crippen molar-refractivity contribution in [3.63, 3.8) is 0 Å².